The van der Waals surface area contributed by atoms with Crippen LogP contribution >= 0.6 is 0 Å². The lowest BCUT2D eigenvalue weighted by Gasteiger charge is -2.16. The Balaban J connectivity index is 2.02. The average Bonchev–Trinajstić information content (AvgIpc) is 2.47. The van der Waals surface area contributed by atoms with Crippen LogP contribution in [0.1, 0.15) is 25.0 Å². The van der Waals surface area contributed by atoms with E-state index in [-0.39, 0.29) is 0 Å². The van der Waals surface area contributed by atoms with Crippen LogP contribution in [-0.2, 0) is 12.0 Å². The summed E-state index contributed by atoms with van der Waals surface area (Å²) in [5, 5.41) is 12.4. The smallest absolute Gasteiger partial charge is 0.0766 e. The first-order valence-electron chi connectivity index (χ1n) is 6.26. The van der Waals surface area contributed by atoms with Gasteiger partial charge in [0.05, 0.1) is 11.5 Å². The molecule has 0 aliphatic rings. The van der Waals surface area contributed by atoms with Gasteiger partial charge in [0.15, 0.2) is 0 Å². The highest BCUT2D eigenvalue weighted by Crippen LogP contribution is 2.23. The van der Waals surface area contributed by atoms with Gasteiger partial charge in [0, 0.05) is 24.6 Å². The molecule has 0 spiro atoms. The number of nitriles is 1. The second-order valence-corrected chi connectivity index (χ2v) is 5.03. The normalized spacial score (nSPS) is 10.8. The quantitative estimate of drug-likeness (QED) is 0.904. The van der Waals surface area contributed by atoms with Crippen molar-refractivity contribution < 1.29 is 0 Å². The largest absolute Gasteiger partial charge is 0.381 e. The summed E-state index contributed by atoms with van der Waals surface area (Å²) in [4.78, 5) is 4.08. The van der Waals surface area contributed by atoms with Gasteiger partial charge in [0.1, 0.15) is 0 Å². The second-order valence-electron chi connectivity index (χ2n) is 5.03. The zero-order chi connectivity index (χ0) is 13.7. The fourth-order valence-corrected chi connectivity index (χ4v) is 1.78. The first-order valence-corrected chi connectivity index (χ1v) is 6.26. The van der Waals surface area contributed by atoms with E-state index >= 15 is 0 Å². The summed E-state index contributed by atoms with van der Waals surface area (Å²) >= 11 is 0. The van der Waals surface area contributed by atoms with E-state index in [4.69, 9.17) is 5.26 Å². The van der Waals surface area contributed by atoms with Crippen molar-refractivity contribution in [2.24, 2.45) is 0 Å². The van der Waals surface area contributed by atoms with E-state index in [1.807, 2.05) is 56.4 Å². The van der Waals surface area contributed by atoms with Crippen LogP contribution in [0.3, 0.4) is 0 Å². The van der Waals surface area contributed by atoms with Gasteiger partial charge < -0.3 is 5.32 Å². The van der Waals surface area contributed by atoms with Crippen LogP contribution in [0.2, 0.25) is 0 Å². The molecule has 1 N–H and O–H groups in total. The van der Waals surface area contributed by atoms with E-state index in [9.17, 15) is 0 Å². The molecule has 96 valence electrons. The third-order valence-electron chi connectivity index (χ3n) is 3.11. The van der Waals surface area contributed by atoms with Crippen LogP contribution < -0.4 is 5.32 Å². The van der Waals surface area contributed by atoms with Crippen molar-refractivity contribution in [1.82, 2.24) is 4.98 Å². The van der Waals surface area contributed by atoms with Crippen molar-refractivity contribution in [2.75, 3.05) is 5.32 Å². The molecule has 1 heterocycles. The topological polar surface area (TPSA) is 48.7 Å². The van der Waals surface area contributed by atoms with Crippen molar-refractivity contribution in [3.05, 3.63) is 59.9 Å². The molecule has 3 nitrogen and oxygen atoms in total. The molecule has 1 aromatic heterocycles. The Labute approximate surface area is 113 Å². The molecule has 0 atom stereocenters. The third-order valence-corrected chi connectivity index (χ3v) is 3.11. The molecule has 1 aromatic carbocycles. The molecule has 3 heteroatoms. The Bertz CT molecular complexity index is 565. The van der Waals surface area contributed by atoms with Crippen LogP contribution in [-0.4, -0.2) is 4.98 Å². The molecule has 0 saturated carbocycles. The summed E-state index contributed by atoms with van der Waals surface area (Å²) in [5.74, 6) is 0. The third kappa shape index (κ3) is 3.32. The maximum absolute atomic E-state index is 9.10. The van der Waals surface area contributed by atoms with Crippen LogP contribution in [0.25, 0.3) is 0 Å². The minimum atomic E-state index is -0.443. The lowest BCUT2D eigenvalue weighted by atomic mass is 9.86. The molecule has 0 radical (unpaired) electrons. The summed E-state index contributed by atoms with van der Waals surface area (Å²) < 4.78 is 0. The van der Waals surface area contributed by atoms with Crippen LogP contribution in [0.4, 0.5) is 5.69 Å². The van der Waals surface area contributed by atoms with Crippen molar-refractivity contribution in [1.29, 1.82) is 5.26 Å². The molecule has 0 aliphatic heterocycles. The molecule has 0 amide bonds. The Morgan fingerprint density at radius 2 is 1.95 bits per heavy atom. The number of hydrogen-bond acceptors (Lipinski definition) is 3. The number of hydrogen-bond donors (Lipinski definition) is 1. The van der Waals surface area contributed by atoms with E-state index in [1.165, 1.54) is 0 Å². The molecule has 2 aromatic rings. The molecular formula is C16H17N3. The molecule has 0 aliphatic carbocycles. The van der Waals surface area contributed by atoms with Crippen LogP contribution in [0.5, 0.6) is 0 Å². The van der Waals surface area contributed by atoms with Gasteiger partial charge in [0.25, 0.3) is 0 Å². The molecule has 0 fully saturated rings. The van der Waals surface area contributed by atoms with Gasteiger partial charge in [-0.05, 0) is 43.2 Å². The average molecular weight is 251 g/mol. The molecule has 0 bridgehead atoms. The Kier molecular flexibility index (Phi) is 3.82. The minimum absolute atomic E-state index is 0.443. The predicted molar refractivity (Wildman–Crippen MR) is 76.6 cm³/mol. The highest BCUT2D eigenvalue weighted by atomic mass is 14.9. The zero-order valence-corrected chi connectivity index (χ0v) is 11.2. The van der Waals surface area contributed by atoms with Gasteiger partial charge in [-0.2, -0.15) is 5.26 Å². The predicted octanol–water partition coefficient (Wildman–Crippen LogP) is 3.49. The summed E-state index contributed by atoms with van der Waals surface area (Å²) in [6.45, 7) is 4.59. The van der Waals surface area contributed by atoms with Gasteiger partial charge >= 0.3 is 0 Å². The number of anilines is 1. The van der Waals surface area contributed by atoms with Crippen molar-refractivity contribution >= 4 is 5.69 Å². The number of nitrogens with one attached hydrogen (secondary N) is 1. The number of aromatic nitrogens is 1. The van der Waals surface area contributed by atoms with Gasteiger partial charge in [-0.15, -0.1) is 0 Å². The molecule has 2 rings (SSSR count). The van der Waals surface area contributed by atoms with E-state index in [0.717, 1.165) is 23.4 Å². The van der Waals surface area contributed by atoms with Gasteiger partial charge in [0.2, 0.25) is 0 Å². The van der Waals surface area contributed by atoms with E-state index in [0.29, 0.717) is 0 Å². The summed E-state index contributed by atoms with van der Waals surface area (Å²) in [6.07, 6.45) is 3.61. The summed E-state index contributed by atoms with van der Waals surface area (Å²) in [5.41, 5.74) is 2.77. The second kappa shape index (κ2) is 5.53. The number of pyridine rings is 1. The standard InChI is InChI=1S/C16H17N3/c1-16(2,12-17)14-5-7-15(8-6-14)19-11-13-4-3-9-18-10-13/h3-10,19H,11H2,1-2H3. The van der Waals surface area contributed by atoms with E-state index < -0.39 is 5.41 Å². The number of benzene rings is 1. The Morgan fingerprint density at radius 1 is 1.21 bits per heavy atom. The Morgan fingerprint density at radius 3 is 2.53 bits per heavy atom. The zero-order valence-electron chi connectivity index (χ0n) is 11.2. The highest BCUT2D eigenvalue weighted by Gasteiger charge is 2.18. The van der Waals surface area contributed by atoms with Crippen molar-refractivity contribution in [2.45, 2.75) is 25.8 Å². The van der Waals surface area contributed by atoms with E-state index in [2.05, 4.69) is 16.4 Å². The van der Waals surface area contributed by atoms with Crippen LogP contribution in [0.15, 0.2) is 48.8 Å². The fourth-order valence-electron chi connectivity index (χ4n) is 1.78. The minimum Gasteiger partial charge on any atom is -0.381 e. The van der Waals surface area contributed by atoms with Crippen molar-refractivity contribution in [3.63, 3.8) is 0 Å². The van der Waals surface area contributed by atoms with Crippen molar-refractivity contribution in [3.8, 4) is 6.07 Å². The Hall–Kier alpha value is -2.34. The molecule has 0 saturated heterocycles. The molecule has 19 heavy (non-hydrogen) atoms. The fraction of sp³-hybridized carbons (Fsp3) is 0.250. The first-order chi connectivity index (χ1) is 9.12. The van der Waals surface area contributed by atoms with Gasteiger partial charge in [-0.3, -0.25) is 4.98 Å². The summed E-state index contributed by atoms with van der Waals surface area (Å²) in [6, 6.07) is 14.3. The number of rotatable bonds is 4. The van der Waals surface area contributed by atoms with Crippen LogP contribution in [0, 0.1) is 11.3 Å². The monoisotopic (exact) mass is 251 g/mol. The lowest BCUT2D eigenvalue weighted by Crippen LogP contribution is -2.13. The maximum Gasteiger partial charge on any atom is 0.0766 e. The van der Waals surface area contributed by atoms with Gasteiger partial charge in [-0.1, -0.05) is 18.2 Å². The summed E-state index contributed by atoms with van der Waals surface area (Å²) in [7, 11) is 0. The lowest BCUT2D eigenvalue weighted by molar-refractivity contribution is 0.687. The highest BCUT2D eigenvalue weighted by molar-refractivity contribution is 5.47. The SMILES string of the molecule is CC(C)(C#N)c1ccc(NCc2cccnc2)cc1. The molecule has 0 unspecified atom stereocenters. The number of nitrogens with zero attached hydrogens (tertiary/aromatic N) is 2. The maximum atomic E-state index is 9.10. The first kappa shape index (κ1) is 13.1. The molecular weight excluding hydrogens is 234 g/mol. The van der Waals surface area contributed by atoms with Gasteiger partial charge in [-0.25, -0.2) is 0 Å². The van der Waals surface area contributed by atoms with E-state index in [1.54, 1.807) is 6.20 Å².